The quantitative estimate of drug-likeness (QED) is 0.361. The Morgan fingerprint density at radius 2 is 1.93 bits per heavy atom. The Hall–Kier alpha value is -2.15. The highest BCUT2D eigenvalue weighted by Crippen LogP contribution is 2.63. The van der Waals surface area contributed by atoms with Gasteiger partial charge in [0.25, 0.3) is 5.69 Å². The lowest BCUT2D eigenvalue weighted by Crippen LogP contribution is -2.72. The topological polar surface area (TPSA) is 107 Å². The van der Waals surface area contributed by atoms with Crippen LogP contribution in [-0.4, -0.2) is 33.1 Å². The number of alkyl halides is 1. The minimum atomic E-state index is -0.774. The number of hydrogen-bond acceptors (Lipinski definition) is 4. The third-order valence-electron chi connectivity index (χ3n) is 7.54. The number of halogens is 1. The van der Waals surface area contributed by atoms with Crippen LogP contribution in [-0.2, 0) is 9.59 Å². The number of amides is 2. The Morgan fingerprint density at radius 1 is 1.25 bits per heavy atom. The number of nitro benzene ring substituents is 1. The summed E-state index contributed by atoms with van der Waals surface area (Å²) < 4.78 is 0. The van der Waals surface area contributed by atoms with E-state index in [1.165, 1.54) is 12.1 Å². The van der Waals surface area contributed by atoms with E-state index < -0.39 is 21.8 Å². The Morgan fingerprint density at radius 3 is 2.54 bits per heavy atom. The molecular weight excluding hydrogens is 382 g/mol. The number of carbonyl (C=O) groups excluding carboxylic acids is 2. The van der Waals surface area contributed by atoms with Crippen molar-refractivity contribution < 1.29 is 14.5 Å². The van der Waals surface area contributed by atoms with E-state index in [2.05, 4.69) is 0 Å². The van der Waals surface area contributed by atoms with Crippen molar-refractivity contribution in [3.05, 3.63) is 39.9 Å². The van der Waals surface area contributed by atoms with Crippen molar-refractivity contribution in [2.45, 2.75) is 49.6 Å². The number of primary amides is 1. The van der Waals surface area contributed by atoms with Gasteiger partial charge in [-0.15, -0.1) is 11.6 Å². The molecule has 5 atom stereocenters. The first kappa shape index (κ1) is 17.9. The van der Waals surface area contributed by atoms with Crippen molar-refractivity contribution in [3.63, 3.8) is 0 Å². The number of nitrogens with zero attached hydrogens (tertiary/aromatic N) is 2. The Balaban J connectivity index is 1.55. The molecule has 0 aromatic heterocycles. The summed E-state index contributed by atoms with van der Waals surface area (Å²) >= 11 is 6.39. The monoisotopic (exact) mass is 403 g/mol. The lowest BCUT2D eigenvalue weighted by atomic mass is 9.46. The summed E-state index contributed by atoms with van der Waals surface area (Å²) in [6.45, 7) is 0. The minimum Gasteiger partial charge on any atom is -0.369 e. The van der Waals surface area contributed by atoms with Gasteiger partial charge in [0.1, 0.15) is 5.38 Å². The maximum atomic E-state index is 12.9. The molecule has 4 bridgehead atoms. The number of likely N-dealkylation sites (tertiary alicyclic amines) is 1. The maximum Gasteiger partial charge on any atom is 0.269 e. The normalized spacial score (nSPS) is 41.0. The second-order valence-electron chi connectivity index (χ2n) is 9.02. The summed E-state index contributed by atoms with van der Waals surface area (Å²) in [5.74, 6) is 0.728. The van der Waals surface area contributed by atoms with Crippen molar-refractivity contribution >= 4 is 29.1 Å². The second kappa shape index (κ2) is 5.92. The van der Waals surface area contributed by atoms with Crippen LogP contribution in [0, 0.1) is 33.3 Å². The third-order valence-corrected chi connectivity index (χ3v) is 7.96. The molecule has 4 aliphatic carbocycles. The van der Waals surface area contributed by atoms with Crippen molar-refractivity contribution in [1.82, 2.24) is 4.90 Å². The van der Waals surface area contributed by atoms with Gasteiger partial charge >= 0.3 is 0 Å². The highest BCUT2D eigenvalue weighted by Gasteiger charge is 2.66. The number of rotatable bonds is 4. The lowest BCUT2D eigenvalue weighted by molar-refractivity contribution is -0.385. The number of non-ortho nitro benzene ring substituents is 1. The van der Waals surface area contributed by atoms with E-state index in [4.69, 9.17) is 17.3 Å². The number of nitro groups is 1. The molecule has 2 amide bonds. The van der Waals surface area contributed by atoms with E-state index in [0.717, 1.165) is 32.1 Å². The van der Waals surface area contributed by atoms with Crippen LogP contribution >= 0.6 is 11.6 Å². The first-order valence-electron chi connectivity index (χ1n) is 9.82. The molecule has 5 aliphatic rings. The van der Waals surface area contributed by atoms with E-state index in [1.807, 2.05) is 0 Å². The van der Waals surface area contributed by atoms with Crippen molar-refractivity contribution in [3.8, 4) is 0 Å². The molecule has 0 radical (unpaired) electrons. The molecule has 5 fully saturated rings. The zero-order valence-corrected chi connectivity index (χ0v) is 16.0. The molecule has 1 aromatic carbocycles. The van der Waals surface area contributed by atoms with Crippen LogP contribution in [0.4, 0.5) is 5.69 Å². The average molecular weight is 404 g/mol. The molecule has 4 saturated carbocycles. The summed E-state index contributed by atoms with van der Waals surface area (Å²) in [7, 11) is 0. The Labute approximate surface area is 167 Å². The zero-order valence-electron chi connectivity index (χ0n) is 15.3. The molecule has 2 N–H and O–H groups in total. The van der Waals surface area contributed by atoms with Gasteiger partial charge in [-0.05, 0) is 55.4 Å². The molecule has 1 heterocycles. The number of carbonyl (C=O) groups is 2. The van der Waals surface area contributed by atoms with Gasteiger partial charge in [0, 0.05) is 18.2 Å². The predicted octanol–water partition coefficient (Wildman–Crippen LogP) is 2.77. The molecule has 1 saturated heterocycles. The minimum absolute atomic E-state index is 0.0321. The van der Waals surface area contributed by atoms with Gasteiger partial charge in [-0.25, -0.2) is 0 Å². The predicted molar refractivity (Wildman–Crippen MR) is 101 cm³/mol. The van der Waals surface area contributed by atoms with Crippen molar-refractivity contribution in [2.75, 3.05) is 0 Å². The Bertz CT molecular complexity index is 876. The standard InChI is InChI=1S/C20H22ClN3O4/c21-15-16(12-2-1-3-14(7-12)24(27)28)23(18(15)25)17-13-5-10-4-11(6-13)9-20(17,8-10)19(22)26/h1-3,7,10-11,13,15-17H,4-6,8-9H2,(H2,22,26). The van der Waals surface area contributed by atoms with Gasteiger partial charge in [-0.1, -0.05) is 12.1 Å². The highest BCUT2D eigenvalue weighted by atomic mass is 35.5. The van der Waals surface area contributed by atoms with Gasteiger partial charge < -0.3 is 10.6 Å². The van der Waals surface area contributed by atoms with Gasteiger partial charge in [0.2, 0.25) is 11.8 Å². The van der Waals surface area contributed by atoms with E-state index >= 15 is 0 Å². The van der Waals surface area contributed by atoms with Crippen LogP contribution in [0.15, 0.2) is 24.3 Å². The molecular formula is C20H22ClN3O4. The van der Waals surface area contributed by atoms with Crippen LogP contribution < -0.4 is 5.73 Å². The van der Waals surface area contributed by atoms with Crippen LogP contribution in [0.25, 0.3) is 0 Å². The van der Waals surface area contributed by atoms with Gasteiger partial charge in [0.15, 0.2) is 0 Å². The number of nitrogens with two attached hydrogens (primary N) is 1. The molecule has 8 heteroatoms. The summed E-state index contributed by atoms with van der Waals surface area (Å²) in [6.07, 6.45) is 4.64. The fraction of sp³-hybridized carbons (Fsp3) is 0.600. The molecule has 148 valence electrons. The SMILES string of the molecule is NC(=O)C12CC3CC(CC(C3)C1N1C(=O)C(Cl)C1c1cccc([N+](=O)[O-])c1)C2. The fourth-order valence-corrected chi connectivity index (χ4v) is 7.17. The summed E-state index contributed by atoms with van der Waals surface area (Å²) in [5, 5.41) is 10.4. The van der Waals surface area contributed by atoms with E-state index in [9.17, 15) is 19.7 Å². The molecule has 28 heavy (non-hydrogen) atoms. The number of benzene rings is 1. The van der Waals surface area contributed by atoms with Crippen molar-refractivity contribution in [2.24, 2.45) is 28.9 Å². The largest absolute Gasteiger partial charge is 0.369 e. The molecule has 1 aliphatic heterocycles. The maximum absolute atomic E-state index is 12.9. The Kier molecular flexibility index (Phi) is 3.79. The summed E-state index contributed by atoms with van der Waals surface area (Å²) in [4.78, 5) is 38.0. The second-order valence-corrected chi connectivity index (χ2v) is 9.49. The summed E-state index contributed by atoms with van der Waals surface area (Å²) in [6, 6.07) is 5.55. The molecule has 5 unspecified atom stereocenters. The van der Waals surface area contributed by atoms with Crippen LogP contribution in [0.2, 0.25) is 0 Å². The smallest absolute Gasteiger partial charge is 0.269 e. The molecule has 7 nitrogen and oxygen atoms in total. The molecule has 1 aromatic rings. The van der Waals surface area contributed by atoms with Crippen LogP contribution in [0.1, 0.15) is 43.7 Å². The highest BCUT2D eigenvalue weighted by molar-refractivity contribution is 6.33. The lowest BCUT2D eigenvalue weighted by Gasteiger charge is -2.65. The van der Waals surface area contributed by atoms with Gasteiger partial charge in [-0.3, -0.25) is 19.7 Å². The fourth-order valence-electron chi connectivity index (χ4n) is 6.79. The van der Waals surface area contributed by atoms with E-state index in [-0.39, 0.29) is 29.5 Å². The van der Waals surface area contributed by atoms with Gasteiger partial charge in [-0.2, -0.15) is 0 Å². The van der Waals surface area contributed by atoms with Gasteiger partial charge in [0.05, 0.1) is 16.4 Å². The zero-order chi connectivity index (χ0) is 19.8. The first-order valence-corrected chi connectivity index (χ1v) is 10.3. The van der Waals surface area contributed by atoms with E-state index in [0.29, 0.717) is 17.4 Å². The molecule has 6 rings (SSSR count). The molecule has 0 spiro atoms. The van der Waals surface area contributed by atoms with Crippen LogP contribution in [0.3, 0.4) is 0 Å². The van der Waals surface area contributed by atoms with E-state index in [1.54, 1.807) is 17.0 Å². The number of β-lactam (4-membered cyclic amide) rings is 1. The number of hydrogen-bond donors (Lipinski definition) is 1. The summed E-state index contributed by atoms with van der Waals surface area (Å²) in [5.41, 5.74) is 5.84. The van der Waals surface area contributed by atoms with Crippen LogP contribution in [0.5, 0.6) is 0 Å². The van der Waals surface area contributed by atoms with Crippen molar-refractivity contribution in [1.29, 1.82) is 0 Å². The first-order chi connectivity index (χ1) is 13.3. The third kappa shape index (κ3) is 2.28. The average Bonchev–Trinajstić information content (AvgIpc) is 2.65.